The van der Waals surface area contributed by atoms with E-state index in [2.05, 4.69) is 16.8 Å². The smallest absolute Gasteiger partial charge is 0.346 e. The molecular weight excluding hydrogens is 266 g/mol. The second kappa shape index (κ2) is 6.42. The molecule has 0 bridgehead atoms. The molecule has 1 aromatic carbocycles. The number of hydrogen-bond acceptors (Lipinski definition) is 4. The zero-order valence-corrected chi connectivity index (χ0v) is 12.3. The maximum atomic E-state index is 11.0. The molecule has 0 radical (unpaired) electrons. The summed E-state index contributed by atoms with van der Waals surface area (Å²) in [5.41, 5.74) is 2.19. The summed E-state index contributed by atoms with van der Waals surface area (Å²) in [6.07, 6.45) is 0. The fourth-order valence-electron chi connectivity index (χ4n) is 2.42. The van der Waals surface area contributed by atoms with E-state index in [0.717, 1.165) is 37.4 Å². The standard InChI is InChI=1S/C16H19N3O2/c1-12(15(11-17)16(20)21)13-3-5-14(6-4-13)19-9-7-18(2)8-10-19/h3-6H,7-10H2,1-2H3,(H,20,21). The van der Waals surface area contributed by atoms with Crippen molar-refractivity contribution in [2.24, 2.45) is 0 Å². The average molecular weight is 285 g/mol. The zero-order valence-electron chi connectivity index (χ0n) is 12.3. The van der Waals surface area contributed by atoms with Crippen LogP contribution >= 0.6 is 0 Å². The summed E-state index contributed by atoms with van der Waals surface area (Å²) < 4.78 is 0. The minimum absolute atomic E-state index is 0.206. The van der Waals surface area contributed by atoms with Crippen molar-refractivity contribution in [1.29, 1.82) is 5.26 Å². The number of aliphatic carboxylic acids is 1. The van der Waals surface area contributed by atoms with Gasteiger partial charge in [-0.25, -0.2) is 4.79 Å². The van der Waals surface area contributed by atoms with Gasteiger partial charge in [0.1, 0.15) is 11.6 Å². The van der Waals surface area contributed by atoms with E-state index in [1.807, 2.05) is 24.3 Å². The summed E-state index contributed by atoms with van der Waals surface area (Å²) in [6.45, 7) is 5.72. The normalized spacial score (nSPS) is 17.1. The van der Waals surface area contributed by atoms with E-state index in [1.165, 1.54) is 0 Å². The maximum Gasteiger partial charge on any atom is 0.346 e. The third-order valence-electron chi connectivity index (χ3n) is 3.87. The number of piperazine rings is 1. The Kier molecular flexibility index (Phi) is 4.61. The number of likely N-dealkylation sites (N-methyl/N-ethyl adjacent to an activating group) is 1. The molecule has 0 amide bonds. The van der Waals surface area contributed by atoms with Crippen molar-refractivity contribution in [2.75, 3.05) is 38.1 Å². The van der Waals surface area contributed by atoms with Gasteiger partial charge in [-0.15, -0.1) is 0 Å². The van der Waals surface area contributed by atoms with Gasteiger partial charge in [0.2, 0.25) is 0 Å². The Balaban J connectivity index is 2.20. The molecule has 0 aliphatic carbocycles. The molecule has 0 saturated carbocycles. The minimum Gasteiger partial charge on any atom is -0.477 e. The Bertz CT molecular complexity index is 591. The van der Waals surface area contributed by atoms with Crippen LogP contribution in [0, 0.1) is 11.3 Å². The SMILES string of the molecule is CC(=C(C#N)C(=O)O)c1ccc(N2CCN(C)CC2)cc1. The molecule has 1 aliphatic rings. The van der Waals surface area contributed by atoms with Crippen molar-refractivity contribution in [3.05, 3.63) is 35.4 Å². The summed E-state index contributed by atoms with van der Waals surface area (Å²) in [6, 6.07) is 9.48. The molecule has 0 spiro atoms. The highest BCUT2D eigenvalue weighted by molar-refractivity contribution is 6.00. The molecule has 1 N–H and O–H groups in total. The summed E-state index contributed by atoms with van der Waals surface area (Å²) in [7, 11) is 2.11. The first kappa shape index (κ1) is 15.1. The van der Waals surface area contributed by atoms with Gasteiger partial charge in [-0.3, -0.25) is 0 Å². The minimum atomic E-state index is -1.18. The first-order valence-corrected chi connectivity index (χ1v) is 6.91. The topological polar surface area (TPSA) is 67.6 Å². The van der Waals surface area contributed by atoms with Crippen LogP contribution in [0.5, 0.6) is 0 Å². The van der Waals surface area contributed by atoms with Crippen molar-refractivity contribution < 1.29 is 9.90 Å². The Morgan fingerprint density at radius 3 is 2.24 bits per heavy atom. The summed E-state index contributed by atoms with van der Waals surface area (Å²) in [5, 5.41) is 17.9. The fourth-order valence-corrected chi connectivity index (χ4v) is 2.42. The molecule has 1 heterocycles. The van der Waals surface area contributed by atoms with Crippen LogP contribution in [0.25, 0.3) is 5.57 Å². The molecule has 5 nitrogen and oxygen atoms in total. The molecule has 0 aromatic heterocycles. The van der Waals surface area contributed by atoms with Gasteiger partial charge in [0.25, 0.3) is 0 Å². The van der Waals surface area contributed by atoms with Crippen molar-refractivity contribution in [1.82, 2.24) is 4.90 Å². The number of allylic oxidation sites excluding steroid dienone is 1. The van der Waals surface area contributed by atoms with E-state index in [1.54, 1.807) is 13.0 Å². The molecule has 1 saturated heterocycles. The molecule has 0 atom stereocenters. The van der Waals surface area contributed by atoms with Crippen molar-refractivity contribution in [3.8, 4) is 6.07 Å². The van der Waals surface area contributed by atoms with Crippen molar-refractivity contribution in [2.45, 2.75) is 6.92 Å². The molecule has 2 rings (SSSR count). The Morgan fingerprint density at radius 1 is 1.19 bits per heavy atom. The molecule has 21 heavy (non-hydrogen) atoms. The zero-order chi connectivity index (χ0) is 15.4. The Labute approximate surface area is 124 Å². The number of carboxylic acids is 1. The number of benzene rings is 1. The van der Waals surface area contributed by atoms with Crippen LogP contribution in [0.1, 0.15) is 12.5 Å². The largest absolute Gasteiger partial charge is 0.477 e. The van der Waals surface area contributed by atoms with Crippen LogP contribution < -0.4 is 4.90 Å². The van der Waals surface area contributed by atoms with Crippen LogP contribution in [-0.4, -0.2) is 49.2 Å². The summed E-state index contributed by atoms with van der Waals surface area (Å²) in [5.74, 6) is -1.18. The second-order valence-corrected chi connectivity index (χ2v) is 5.25. The number of anilines is 1. The number of rotatable bonds is 3. The van der Waals surface area contributed by atoms with Gasteiger partial charge < -0.3 is 14.9 Å². The second-order valence-electron chi connectivity index (χ2n) is 5.25. The number of carbonyl (C=O) groups is 1. The highest BCUT2D eigenvalue weighted by Gasteiger charge is 2.15. The van der Waals surface area contributed by atoms with Crippen LogP contribution in [0.15, 0.2) is 29.8 Å². The van der Waals surface area contributed by atoms with E-state index in [-0.39, 0.29) is 5.57 Å². The highest BCUT2D eigenvalue weighted by Crippen LogP contribution is 2.23. The number of carboxylic acid groups (broad SMARTS) is 1. The lowest BCUT2D eigenvalue weighted by Crippen LogP contribution is -2.44. The number of nitriles is 1. The number of nitrogens with zero attached hydrogens (tertiary/aromatic N) is 3. The first-order valence-electron chi connectivity index (χ1n) is 6.91. The summed E-state index contributed by atoms with van der Waals surface area (Å²) in [4.78, 5) is 15.6. The predicted octanol–water partition coefficient (Wildman–Crippen LogP) is 1.82. The van der Waals surface area contributed by atoms with Crippen LogP contribution in [0.3, 0.4) is 0 Å². The Morgan fingerprint density at radius 2 is 1.76 bits per heavy atom. The monoisotopic (exact) mass is 285 g/mol. The maximum absolute atomic E-state index is 11.0. The molecular formula is C16H19N3O2. The van der Waals surface area contributed by atoms with Gasteiger partial charge >= 0.3 is 5.97 Å². The lowest BCUT2D eigenvalue weighted by atomic mass is 10.0. The van der Waals surface area contributed by atoms with E-state index >= 15 is 0 Å². The molecule has 1 aliphatic heterocycles. The van der Waals surface area contributed by atoms with Gasteiger partial charge in [-0.2, -0.15) is 5.26 Å². The van der Waals surface area contributed by atoms with Gasteiger partial charge in [0.05, 0.1) is 0 Å². The van der Waals surface area contributed by atoms with Gasteiger partial charge in [0.15, 0.2) is 0 Å². The molecule has 5 heteroatoms. The van der Waals surface area contributed by atoms with Gasteiger partial charge in [-0.05, 0) is 37.2 Å². The molecule has 1 fully saturated rings. The van der Waals surface area contributed by atoms with Gasteiger partial charge in [0, 0.05) is 31.9 Å². The van der Waals surface area contributed by atoms with E-state index in [9.17, 15) is 4.79 Å². The van der Waals surface area contributed by atoms with Crippen LogP contribution in [0.4, 0.5) is 5.69 Å². The molecule has 1 aromatic rings. The number of hydrogen-bond donors (Lipinski definition) is 1. The van der Waals surface area contributed by atoms with E-state index in [0.29, 0.717) is 5.57 Å². The third kappa shape index (κ3) is 3.41. The Hall–Kier alpha value is -2.32. The predicted molar refractivity (Wildman–Crippen MR) is 82.0 cm³/mol. The first-order chi connectivity index (χ1) is 10.0. The van der Waals surface area contributed by atoms with Crippen molar-refractivity contribution >= 4 is 17.2 Å². The summed E-state index contributed by atoms with van der Waals surface area (Å²) >= 11 is 0. The van der Waals surface area contributed by atoms with Crippen molar-refractivity contribution in [3.63, 3.8) is 0 Å². The third-order valence-corrected chi connectivity index (χ3v) is 3.87. The average Bonchev–Trinajstić information content (AvgIpc) is 2.48. The van der Waals surface area contributed by atoms with Crippen LogP contribution in [0.2, 0.25) is 0 Å². The molecule has 0 unspecified atom stereocenters. The fraction of sp³-hybridized carbons (Fsp3) is 0.375. The lowest BCUT2D eigenvalue weighted by molar-refractivity contribution is -0.132. The van der Waals surface area contributed by atoms with E-state index < -0.39 is 5.97 Å². The lowest BCUT2D eigenvalue weighted by Gasteiger charge is -2.34. The van der Waals surface area contributed by atoms with E-state index in [4.69, 9.17) is 10.4 Å². The quantitative estimate of drug-likeness (QED) is 0.678. The van der Waals surface area contributed by atoms with Crippen LogP contribution in [-0.2, 0) is 4.79 Å². The molecule has 110 valence electrons. The highest BCUT2D eigenvalue weighted by atomic mass is 16.4. The van der Waals surface area contributed by atoms with Gasteiger partial charge in [-0.1, -0.05) is 12.1 Å².